The fraction of sp³-hybridized carbons (Fsp3) is 0.577. The van der Waals surface area contributed by atoms with Gasteiger partial charge in [-0.15, -0.1) is 0 Å². The first kappa shape index (κ1) is 20.3. The van der Waals surface area contributed by atoms with Crippen LogP contribution in [0.1, 0.15) is 76.5 Å². The summed E-state index contributed by atoms with van der Waals surface area (Å²) in [7, 11) is 0. The summed E-state index contributed by atoms with van der Waals surface area (Å²) in [6.07, 6.45) is 12.6. The normalized spacial score (nSPS) is 22.3. The molecule has 1 atom stereocenters. The van der Waals surface area contributed by atoms with E-state index in [-0.39, 0.29) is 5.97 Å². The number of hydrogen-bond donors (Lipinski definition) is 0. The number of carbonyl (C=O) groups is 1. The Hall–Kier alpha value is -2.03. The second kappa shape index (κ2) is 8.01. The Morgan fingerprint density at radius 1 is 1.14 bits per heavy atom. The minimum absolute atomic E-state index is 0.171. The molecular weight excluding hydrogens is 358 g/mol. The number of rotatable bonds is 5. The number of benzene rings is 1. The minimum atomic E-state index is -0.171. The van der Waals surface area contributed by atoms with E-state index < -0.39 is 0 Å². The maximum atomic E-state index is 12.1. The van der Waals surface area contributed by atoms with Gasteiger partial charge in [-0.2, -0.15) is 0 Å². The fourth-order valence-electron chi connectivity index (χ4n) is 5.89. The van der Waals surface area contributed by atoms with Gasteiger partial charge < -0.3 is 9.64 Å². The van der Waals surface area contributed by atoms with Gasteiger partial charge in [0.05, 0.1) is 6.61 Å². The Morgan fingerprint density at radius 2 is 1.79 bits per heavy atom. The van der Waals surface area contributed by atoms with E-state index in [0.717, 1.165) is 18.5 Å². The average Bonchev–Trinajstić information content (AvgIpc) is 2.69. The van der Waals surface area contributed by atoms with Crippen molar-refractivity contribution in [3.63, 3.8) is 0 Å². The molecule has 1 aromatic carbocycles. The maximum absolute atomic E-state index is 12.1. The lowest BCUT2D eigenvalue weighted by atomic mass is 9.63. The zero-order valence-electron chi connectivity index (χ0n) is 18.5. The van der Waals surface area contributed by atoms with Gasteiger partial charge in [0.15, 0.2) is 0 Å². The molecule has 0 fully saturated rings. The monoisotopic (exact) mass is 393 g/mol. The van der Waals surface area contributed by atoms with E-state index in [2.05, 4.69) is 43.9 Å². The van der Waals surface area contributed by atoms with Crippen LogP contribution in [-0.4, -0.2) is 19.1 Å². The highest BCUT2D eigenvalue weighted by molar-refractivity contribution is 5.89. The minimum Gasteiger partial charge on any atom is -0.463 e. The predicted molar refractivity (Wildman–Crippen MR) is 119 cm³/mol. The fourth-order valence-corrected chi connectivity index (χ4v) is 5.89. The standard InChI is InChI=1S/C26H35NO2/c1-5-27(23-12-11-21(15-18(23)3)25(28)29-6-2)22-16-19-9-7-13-26(4)14-8-10-20(17-22)24(19)26/h11-12,16-18H,5-10,13-15H2,1-4H3. The Balaban J connectivity index is 1.70. The van der Waals surface area contributed by atoms with E-state index in [0.29, 0.717) is 17.9 Å². The third-order valence-electron chi connectivity index (χ3n) is 7.20. The summed E-state index contributed by atoms with van der Waals surface area (Å²) >= 11 is 0. The zero-order chi connectivity index (χ0) is 20.6. The Labute approximate surface area is 175 Å². The van der Waals surface area contributed by atoms with E-state index in [9.17, 15) is 4.79 Å². The molecule has 0 amide bonds. The first-order valence-corrected chi connectivity index (χ1v) is 11.5. The summed E-state index contributed by atoms with van der Waals surface area (Å²) in [4.78, 5) is 14.6. The number of carbonyl (C=O) groups excluding carboxylic acids is 1. The van der Waals surface area contributed by atoms with E-state index in [1.807, 2.05) is 13.0 Å². The van der Waals surface area contributed by atoms with E-state index in [1.54, 1.807) is 16.7 Å². The second-order valence-corrected chi connectivity index (χ2v) is 9.26. The number of nitrogens with zero attached hydrogens (tertiary/aromatic N) is 1. The Morgan fingerprint density at radius 3 is 2.34 bits per heavy atom. The second-order valence-electron chi connectivity index (χ2n) is 9.26. The molecule has 4 rings (SSSR count). The predicted octanol–water partition coefficient (Wildman–Crippen LogP) is 5.86. The highest BCUT2D eigenvalue weighted by Gasteiger charge is 2.37. The van der Waals surface area contributed by atoms with E-state index in [4.69, 9.17) is 4.74 Å². The van der Waals surface area contributed by atoms with Gasteiger partial charge >= 0.3 is 5.97 Å². The van der Waals surface area contributed by atoms with Crippen LogP contribution in [-0.2, 0) is 27.8 Å². The molecule has 0 spiro atoms. The highest BCUT2D eigenvalue weighted by Crippen LogP contribution is 2.47. The van der Waals surface area contributed by atoms with Gasteiger partial charge in [0.2, 0.25) is 0 Å². The number of allylic oxidation sites excluding steroid dienone is 3. The third kappa shape index (κ3) is 3.65. The molecule has 0 heterocycles. The van der Waals surface area contributed by atoms with Crippen LogP contribution >= 0.6 is 0 Å². The quantitative estimate of drug-likeness (QED) is 0.587. The average molecular weight is 394 g/mol. The summed E-state index contributed by atoms with van der Waals surface area (Å²) in [6.45, 7) is 10.2. The van der Waals surface area contributed by atoms with Crippen LogP contribution in [0.3, 0.4) is 0 Å². The van der Waals surface area contributed by atoms with Crippen LogP contribution in [0.15, 0.2) is 35.6 Å². The summed E-state index contributed by atoms with van der Waals surface area (Å²) in [6, 6.07) is 4.92. The maximum Gasteiger partial charge on any atom is 0.334 e. The molecular formula is C26H35NO2. The van der Waals surface area contributed by atoms with Crippen LogP contribution in [0.5, 0.6) is 0 Å². The van der Waals surface area contributed by atoms with E-state index in [1.165, 1.54) is 49.9 Å². The van der Waals surface area contributed by atoms with Gasteiger partial charge in [0, 0.05) is 29.4 Å². The van der Waals surface area contributed by atoms with Crippen LogP contribution in [0.2, 0.25) is 0 Å². The largest absolute Gasteiger partial charge is 0.463 e. The number of ether oxygens (including phenoxy) is 1. The lowest BCUT2D eigenvalue weighted by Crippen LogP contribution is -2.33. The van der Waals surface area contributed by atoms with Crippen LogP contribution in [0, 0.1) is 5.92 Å². The van der Waals surface area contributed by atoms with Crippen molar-refractivity contribution < 1.29 is 9.53 Å². The molecule has 0 N–H and O–H groups in total. The SMILES string of the molecule is CCOC(=O)C1=CC=C(N(CC)c2cc3c4c(c2)CCCC4(C)CCC3)C(C)C1. The molecule has 0 saturated carbocycles. The molecule has 0 saturated heterocycles. The van der Waals surface area contributed by atoms with Gasteiger partial charge in [0.25, 0.3) is 0 Å². The van der Waals surface area contributed by atoms with Crippen LogP contribution in [0.4, 0.5) is 5.69 Å². The zero-order valence-corrected chi connectivity index (χ0v) is 18.5. The lowest BCUT2D eigenvalue weighted by Gasteiger charge is -2.42. The topological polar surface area (TPSA) is 29.5 Å². The van der Waals surface area contributed by atoms with Gasteiger partial charge in [0.1, 0.15) is 0 Å². The molecule has 29 heavy (non-hydrogen) atoms. The molecule has 3 aliphatic rings. The van der Waals surface area contributed by atoms with Crippen molar-refractivity contribution in [1.82, 2.24) is 0 Å². The summed E-state index contributed by atoms with van der Waals surface area (Å²) in [5.41, 5.74) is 8.65. The van der Waals surface area contributed by atoms with Gasteiger partial charge in [-0.3, -0.25) is 0 Å². The number of aryl methyl sites for hydroxylation is 2. The lowest BCUT2D eigenvalue weighted by molar-refractivity contribution is -0.138. The van der Waals surface area contributed by atoms with Gasteiger partial charge in [-0.05, 0) is 99.1 Å². The first-order chi connectivity index (χ1) is 14.0. The molecule has 0 aliphatic heterocycles. The number of hydrogen-bond acceptors (Lipinski definition) is 3. The summed E-state index contributed by atoms with van der Waals surface area (Å²) in [5.74, 6) is 0.132. The molecule has 156 valence electrons. The smallest absolute Gasteiger partial charge is 0.334 e. The van der Waals surface area contributed by atoms with Gasteiger partial charge in [-0.1, -0.05) is 19.9 Å². The molecule has 3 heteroatoms. The van der Waals surface area contributed by atoms with Crippen molar-refractivity contribution in [1.29, 1.82) is 0 Å². The number of anilines is 1. The summed E-state index contributed by atoms with van der Waals surface area (Å²) in [5, 5.41) is 0. The van der Waals surface area contributed by atoms with Crippen LogP contribution in [0.25, 0.3) is 0 Å². The van der Waals surface area contributed by atoms with Crippen molar-refractivity contribution in [3.8, 4) is 0 Å². The van der Waals surface area contributed by atoms with Crippen molar-refractivity contribution in [2.75, 3.05) is 18.1 Å². The highest BCUT2D eigenvalue weighted by atomic mass is 16.5. The molecule has 0 radical (unpaired) electrons. The Bertz CT molecular complexity index is 832. The molecule has 0 bridgehead atoms. The number of esters is 1. The van der Waals surface area contributed by atoms with Crippen molar-refractivity contribution in [2.45, 2.75) is 78.1 Å². The molecule has 3 nitrogen and oxygen atoms in total. The molecule has 3 aliphatic carbocycles. The Kier molecular flexibility index (Phi) is 5.59. The van der Waals surface area contributed by atoms with Gasteiger partial charge in [-0.25, -0.2) is 4.79 Å². The van der Waals surface area contributed by atoms with Crippen molar-refractivity contribution in [3.05, 3.63) is 52.2 Å². The summed E-state index contributed by atoms with van der Waals surface area (Å²) < 4.78 is 5.20. The van der Waals surface area contributed by atoms with Crippen LogP contribution < -0.4 is 4.90 Å². The third-order valence-corrected chi connectivity index (χ3v) is 7.20. The molecule has 1 unspecified atom stereocenters. The first-order valence-electron chi connectivity index (χ1n) is 11.5. The molecule has 0 aromatic heterocycles. The molecule has 1 aromatic rings. The van der Waals surface area contributed by atoms with Crippen molar-refractivity contribution in [2.24, 2.45) is 5.92 Å². The van der Waals surface area contributed by atoms with Crippen molar-refractivity contribution >= 4 is 11.7 Å². The van der Waals surface area contributed by atoms with E-state index >= 15 is 0 Å².